The molecule has 2 heterocycles. The van der Waals surface area contributed by atoms with Gasteiger partial charge >= 0.3 is 0 Å². The molecule has 0 saturated carbocycles. The molecule has 0 unspecified atom stereocenters. The summed E-state index contributed by atoms with van der Waals surface area (Å²) in [5.74, 6) is 1.41. The van der Waals surface area contributed by atoms with Crippen molar-refractivity contribution in [3.8, 4) is 0 Å². The van der Waals surface area contributed by atoms with Gasteiger partial charge in [-0.05, 0) is 30.8 Å². The summed E-state index contributed by atoms with van der Waals surface area (Å²) in [6.45, 7) is 7.27. The lowest BCUT2D eigenvalue weighted by molar-refractivity contribution is 0.669. The van der Waals surface area contributed by atoms with Crippen LogP contribution >= 0.6 is 23.6 Å². The second-order valence-electron chi connectivity index (χ2n) is 4.35. The Labute approximate surface area is 111 Å². The number of hydrogen-bond acceptors (Lipinski definition) is 3. The van der Waals surface area contributed by atoms with Crippen molar-refractivity contribution < 1.29 is 0 Å². The van der Waals surface area contributed by atoms with Gasteiger partial charge < -0.3 is 0 Å². The largest absolute Gasteiger partial charge is 0.299 e. The number of aromatic nitrogens is 3. The number of nitrogens with zero attached hydrogens (tertiary/aromatic N) is 2. The van der Waals surface area contributed by atoms with Crippen LogP contribution in [0, 0.1) is 4.77 Å². The first-order valence-corrected chi connectivity index (χ1v) is 7.07. The molecule has 0 saturated heterocycles. The van der Waals surface area contributed by atoms with E-state index in [-0.39, 0.29) is 0 Å². The molecular formula is C12H17N3S2. The fraction of sp³-hybridized carbons (Fsp3) is 0.500. The van der Waals surface area contributed by atoms with E-state index in [0.29, 0.717) is 10.7 Å². The summed E-state index contributed by atoms with van der Waals surface area (Å²) >= 11 is 7.13. The summed E-state index contributed by atoms with van der Waals surface area (Å²) in [5, 5.41) is 7.17. The Morgan fingerprint density at radius 2 is 2.12 bits per heavy atom. The van der Waals surface area contributed by atoms with Crippen molar-refractivity contribution in [3.63, 3.8) is 0 Å². The van der Waals surface area contributed by atoms with Crippen LogP contribution in [0.15, 0.2) is 12.1 Å². The Morgan fingerprint density at radius 3 is 2.71 bits per heavy atom. The minimum absolute atomic E-state index is 0.383. The van der Waals surface area contributed by atoms with Gasteiger partial charge in [0, 0.05) is 15.7 Å². The molecule has 92 valence electrons. The van der Waals surface area contributed by atoms with E-state index in [1.165, 1.54) is 9.75 Å². The lowest BCUT2D eigenvalue weighted by atomic mass is 10.2. The number of hydrogen-bond donors (Lipinski definition) is 1. The number of aromatic amines is 1. The third-order valence-corrected chi connectivity index (χ3v) is 4.21. The van der Waals surface area contributed by atoms with E-state index in [2.05, 4.69) is 47.7 Å². The van der Waals surface area contributed by atoms with Gasteiger partial charge in [0.15, 0.2) is 4.77 Å². The molecule has 5 heteroatoms. The van der Waals surface area contributed by atoms with Crippen molar-refractivity contribution in [2.75, 3.05) is 0 Å². The van der Waals surface area contributed by atoms with Crippen LogP contribution in [0.5, 0.6) is 0 Å². The smallest absolute Gasteiger partial charge is 0.195 e. The van der Waals surface area contributed by atoms with Crippen LogP contribution in [-0.4, -0.2) is 14.8 Å². The summed E-state index contributed by atoms with van der Waals surface area (Å²) in [6.07, 6.45) is 1.10. The first-order chi connectivity index (χ1) is 8.11. The molecule has 0 aromatic carbocycles. The quantitative estimate of drug-likeness (QED) is 0.856. The van der Waals surface area contributed by atoms with E-state index < -0.39 is 0 Å². The average Bonchev–Trinajstić information content (AvgIpc) is 2.87. The molecular weight excluding hydrogens is 250 g/mol. The molecule has 2 aromatic heterocycles. The van der Waals surface area contributed by atoms with Crippen molar-refractivity contribution in [1.82, 2.24) is 14.8 Å². The Bertz CT molecular complexity index is 548. The molecule has 2 rings (SSSR count). The number of H-pyrrole nitrogens is 1. The summed E-state index contributed by atoms with van der Waals surface area (Å²) in [6, 6.07) is 4.38. The van der Waals surface area contributed by atoms with Crippen LogP contribution in [0.1, 0.15) is 42.3 Å². The van der Waals surface area contributed by atoms with Crippen molar-refractivity contribution in [3.05, 3.63) is 32.5 Å². The molecule has 3 nitrogen and oxygen atoms in total. The second kappa shape index (κ2) is 5.14. The highest BCUT2D eigenvalue weighted by Crippen LogP contribution is 2.20. The maximum Gasteiger partial charge on any atom is 0.195 e. The van der Waals surface area contributed by atoms with Crippen molar-refractivity contribution >= 4 is 23.6 Å². The molecule has 0 amide bonds. The van der Waals surface area contributed by atoms with Gasteiger partial charge in [0.25, 0.3) is 0 Å². The first-order valence-electron chi connectivity index (χ1n) is 5.84. The molecule has 0 radical (unpaired) electrons. The van der Waals surface area contributed by atoms with Gasteiger partial charge in [0.05, 0.1) is 6.54 Å². The van der Waals surface area contributed by atoms with E-state index in [9.17, 15) is 0 Å². The number of rotatable bonds is 4. The fourth-order valence-electron chi connectivity index (χ4n) is 1.78. The standard InChI is InChI=1S/C12H17N3S2/c1-4-9-5-6-10(17-9)7-15-11(8(2)3)13-14-12(15)16/h5-6,8H,4,7H2,1-3H3,(H,14,16). The summed E-state index contributed by atoms with van der Waals surface area (Å²) in [4.78, 5) is 2.75. The first kappa shape index (κ1) is 12.5. The zero-order valence-electron chi connectivity index (χ0n) is 10.4. The van der Waals surface area contributed by atoms with Gasteiger partial charge in [-0.2, -0.15) is 5.10 Å². The molecule has 0 bridgehead atoms. The predicted octanol–water partition coefficient (Wildman–Crippen LogP) is 3.74. The van der Waals surface area contributed by atoms with E-state index in [1.54, 1.807) is 0 Å². The Kier molecular flexibility index (Phi) is 3.79. The van der Waals surface area contributed by atoms with E-state index in [4.69, 9.17) is 12.2 Å². The second-order valence-corrected chi connectivity index (χ2v) is 5.99. The van der Waals surface area contributed by atoms with Gasteiger partial charge in [-0.15, -0.1) is 11.3 Å². The lowest BCUT2D eigenvalue weighted by Gasteiger charge is -2.07. The van der Waals surface area contributed by atoms with Crippen LogP contribution in [0.3, 0.4) is 0 Å². The van der Waals surface area contributed by atoms with Crippen LogP contribution in [0.2, 0.25) is 0 Å². The molecule has 0 spiro atoms. The summed E-state index contributed by atoms with van der Waals surface area (Å²) in [7, 11) is 0. The van der Waals surface area contributed by atoms with E-state index in [1.807, 2.05) is 11.3 Å². The van der Waals surface area contributed by atoms with Crippen LogP contribution in [0.4, 0.5) is 0 Å². The molecule has 0 aliphatic carbocycles. The number of aryl methyl sites for hydroxylation is 1. The highest BCUT2D eigenvalue weighted by atomic mass is 32.1. The maximum atomic E-state index is 5.28. The minimum atomic E-state index is 0.383. The Morgan fingerprint density at radius 1 is 1.41 bits per heavy atom. The van der Waals surface area contributed by atoms with E-state index in [0.717, 1.165) is 18.8 Å². The average molecular weight is 267 g/mol. The monoisotopic (exact) mass is 267 g/mol. The molecule has 0 fully saturated rings. The van der Waals surface area contributed by atoms with E-state index >= 15 is 0 Å². The minimum Gasteiger partial charge on any atom is -0.299 e. The Hall–Kier alpha value is -0.940. The molecule has 0 aliphatic rings. The molecule has 1 N–H and O–H groups in total. The SMILES string of the molecule is CCc1ccc(Cn2c(C(C)C)n[nH]c2=S)s1. The number of thiophene rings is 1. The van der Waals surface area contributed by atoms with Crippen molar-refractivity contribution in [1.29, 1.82) is 0 Å². The van der Waals surface area contributed by atoms with Gasteiger partial charge in [0.2, 0.25) is 0 Å². The van der Waals surface area contributed by atoms with Gasteiger partial charge in [-0.3, -0.25) is 9.67 Å². The van der Waals surface area contributed by atoms with Gasteiger partial charge in [0.1, 0.15) is 5.82 Å². The predicted molar refractivity (Wildman–Crippen MR) is 74.3 cm³/mol. The topological polar surface area (TPSA) is 33.6 Å². The fourth-order valence-corrected chi connectivity index (χ4v) is 2.93. The highest BCUT2D eigenvalue weighted by molar-refractivity contribution is 7.71. The summed E-state index contributed by atoms with van der Waals surface area (Å²) < 4.78 is 2.80. The Balaban J connectivity index is 2.29. The lowest BCUT2D eigenvalue weighted by Crippen LogP contribution is -2.05. The third-order valence-electron chi connectivity index (χ3n) is 2.68. The normalized spacial score (nSPS) is 11.3. The number of nitrogens with one attached hydrogen (secondary N) is 1. The molecule has 17 heavy (non-hydrogen) atoms. The van der Waals surface area contributed by atoms with Crippen molar-refractivity contribution in [2.45, 2.75) is 39.7 Å². The van der Waals surface area contributed by atoms with Crippen LogP contribution in [0.25, 0.3) is 0 Å². The van der Waals surface area contributed by atoms with Gasteiger partial charge in [-0.1, -0.05) is 20.8 Å². The van der Waals surface area contributed by atoms with Crippen LogP contribution in [-0.2, 0) is 13.0 Å². The third kappa shape index (κ3) is 2.66. The van der Waals surface area contributed by atoms with Gasteiger partial charge in [-0.25, -0.2) is 0 Å². The molecule has 0 atom stereocenters. The summed E-state index contributed by atoms with van der Waals surface area (Å²) in [5.41, 5.74) is 0. The zero-order valence-corrected chi connectivity index (χ0v) is 12.0. The molecule has 0 aliphatic heterocycles. The van der Waals surface area contributed by atoms with Crippen LogP contribution < -0.4 is 0 Å². The molecule has 2 aromatic rings. The maximum absolute atomic E-state index is 5.28. The highest BCUT2D eigenvalue weighted by Gasteiger charge is 2.11. The zero-order chi connectivity index (χ0) is 12.4. The van der Waals surface area contributed by atoms with Crippen molar-refractivity contribution in [2.24, 2.45) is 0 Å².